The van der Waals surface area contributed by atoms with Gasteiger partial charge in [0.05, 0.1) is 0 Å². The summed E-state index contributed by atoms with van der Waals surface area (Å²) >= 11 is 5.89. The van der Waals surface area contributed by atoms with Crippen LogP contribution in [-0.4, -0.2) is 12.0 Å². The molecule has 0 aliphatic rings. The molecule has 0 heterocycles. The Hall–Kier alpha value is -2.78. The summed E-state index contributed by atoms with van der Waals surface area (Å²) in [5.41, 5.74) is 2.79. The van der Waals surface area contributed by atoms with E-state index in [1.54, 1.807) is 24.3 Å². The second-order valence-electron chi connectivity index (χ2n) is 5.87. The monoisotopic (exact) mass is 365 g/mol. The SMILES string of the molecule is CC[C@H](Oc1ccc(Cl)cc1)C(=O)Nc1ccccc1-c1ccccc1. The molecule has 0 unspecified atom stereocenters. The topological polar surface area (TPSA) is 38.3 Å². The van der Waals surface area contributed by atoms with Crippen LogP contribution in [0.25, 0.3) is 11.1 Å². The molecule has 3 rings (SSSR count). The smallest absolute Gasteiger partial charge is 0.265 e. The van der Waals surface area contributed by atoms with Crippen molar-refractivity contribution in [3.63, 3.8) is 0 Å². The Balaban J connectivity index is 1.77. The molecule has 0 bridgehead atoms. The fourth-order valence-corrected chi connectivity index (χ4v) is 2.80. The van der Waals surface area contributed by atoms with E-state index < -0.39 is 6.10 Å². The van der Waals surface area contributed by atoms with Crippen LogP contribution in [0.1, 0.15) is 13.3 Å². The maximum absolute atomic E-state index is 12.7. The predicted molar refractivity (Wildman–Crippen MR) is 107 cm³/mol. The number of para-hydroxylation sites is 1. The highest BCUT2D eigenvalue weighted by atomic mass is 35.5. The normalized spacial score (nSPS) is 11.6. The van der Waals surface area contributed by atoms with Crippen LogP contribution in [0.2, 0.25) is 5.02 Å². The molecule has 0 radical (unpaired) electrons. The molecule has 0 fully saturated rings. The number of rotatable bonds is 6. The van der Waals surface area contributed by atoms with Crippen molar-refractivity contribution in [2.45, 2.75) is 19.4 Å². The van der Waals surface area contributed by atoms with E-state index in [4.69, 9.17) is 16.3 Å². The van der Waals surface area contributed by atoms with Gasteiger partial charge >= 0.3 is 0 Å². The number of benzene rings is 3. The molecule has 26 heavy (non-hydrogen) atoms. The number of nitrogens with one attached hydrogen (secondary N) is 1. The molecule has 0 saturated heterocycles. The fraction of sp³-hybridized carbons (Fsp3) is 0.136. The van der Waals surface area contributed by atoms with E-state index in [9.17, 15) is 4.79 Å². The maximum Gasteiger partial charge on any atom is 0.265 e. The van der Waals surface area contributed by atoms with Gasteiger partial charge in [-0.3, -0.25) is 4.79 Å². The summed E-state index contributed by atoms with van der Waals surface area (Å²) in [6, 6.07) is 24.7. The molecule has 0 saturated carbocycles. The molecule has 3 aromatic rings. The first-order chi connectivity index (χ1) is 12.7. The molecule has 4 heteroatoms. The largest absolute Gasteiger partial charge is 0.481 e. The lowest BCUT2D eigenvalue weighted by Gasteiger charge is -2.18. The van der Waals surface area contributed by atoms with Gasteiger partial charge in [-0.2, -0.15) is 0 Å². The van der Waals surface area contributed by atoms with Crippen LogP contribution < -0.4 is 10.1 Å². The minimum atomic E-state index is -0.583. The van der Waals surface area contributed by atoms with Crippen LogP contribution in [0.15, 0.2) is 78.9 Å². The van der Waals surface area contributed by atoms with Crippen LogP contribution in [-0.2, 0) is 4.79 Å². The van der Waals surface area contributed by atoms with Gasteiger partial charge in [0.25, 0.3) is 5.91 Å². The number of carbonyl (C=O) groups excluding carboxylic acids is 1. The number of amides is 1. The van der Waals surface area contributed by atoms with Crippen molar-refractivity contribution in [3.05, 3.63) is 83.9 Å². The van der Waals surface area contributed by atoms with E-state index in [-0.39, 0.29) is 5.91 Å². The number of halogens is 1. The highest BCUT2D eigenvalue weighted by molar-refractivity contribution is 6.30. The van der Waals surface area contributed by atoms with Crippen molar-refractivity contribution in [2.75, 3.05) is 5.32 Å². The maximum atomic E-state index is 12.7. The molecular weight excluding hydrogens is 346 g/mol. The van der Waals surface area contributed by atoms with Gasteiger partial charge in [0.2, 0.25) is 0 Å². The molecule has 1 atom stereocenters. The zero-order chi connectivity index (χ0) is 18.4. The zero-order valence-corrected chi connectivity index (χ0v) is 15.2. The summed E-state index contributed by atoms with van der Waals surface area (Å²) in [5, 5.41) is 3.63. The summed E-state index contributed by atoms with van der Waals surface area (Å²) in [5.74, 6) is 0.443. The van der Waals surface area contributed by atoms with Gasteiger partial charge < -0.3 is 10.1 Å². The molecule has 1 amide bonds. The van der Waals surface area contributed by atoms with E-state index in [0.717, 1.165) is 16.8 Å². The third-order valence-corrected chi connectivity index (χ3v) is 4.28. The second kappa shape index (κ2) is 8.54. The van der Waals surface area contributed by atoms with Gasteiger partial charge in [0.15, 0.2) is 6.10 Å². The quantitative estimate of drug-likeness (QED) is 0.599. The lowest BCUT2D eigenvalue weighted by molar-refractivity contribution is -0.122. The fourth-order valence-electron chi connectivity index (χ4n) is 2.67. The number of hydrogen-bond acceptors (Lipinski definition) is 2. The minimum absolute atomic E-state index is 0.175. The lowest BCUT2D eigenvalue weighted by atomic mass is 10.0. The van der Waals surface area contributed by atoms with Crippen molar-refractivity contribution < 1.29 is 9.53 Å². The van der Waals surface area contributed by atoms with E-state index in [1.165, 1.54) is 0 Å². The highest BCUT2D eigenvalue weighted by Crippen LogP contribution is 2.28. The molecule has 0 spiro atoms. The van der Waals surface area contributed by atoms with Crippen LogP contribution in [0.3, 0.4) is 0 Å². The first-order valence-electron chi connectivity index (χ1n) is 8.55. The summed E-state index contributed by atoms with van der Waals surface area (Å²) in [7, 11) is 0. The van der Waals surface area contributed by atoms with Gasteiger partial charge in [-0.25, -0.2) is 0 Å². The zero-order valence-electron chi connectivity index (χ0n) is 14.5. The summed E-state index contributed by atoms with van der Waals surface area (Å²) in [6.45, 7) is 1.92. The van der Waals surface area contributed by atoms with Crippen molar-refractivity contribution in [3.8, 4) is 16.9 Å². The van der Waals surface area contributed by atoms with Gasteiger partial charge in [-0.1, -0.05) is 67.1 Å². The first-order valence-corrected chi connectivity index (χ1v) is 8.92. The van der Waals surface area contributed by atoms with Crippen LogP contribution in [0, 0.1) is 0 Å². The Bertz CT molecular complexity index is 863. The summed E-state index contributed by atoms with van der Waals surface area (Å²) in [6.07, 6.45) is -0.0258. The number of ether oxygens (including phenoxy) is 1. The summed E-state index contributed by atoms with van der Waals surface area (Å²) < 4.78 is 5.83. The Morgan fingerprint density at radius 3 is 2.31 bits per heavy atom. The van der Waals surface area contributed by atoms with Gasteiger partial charge in [0, 0.05) is 16.3 Å². The van der Waals surface area contributed by atoms with Crippen molar-refractivity contribution in [2.24, 2.45) is 0 Å². The number of carbonyl (C=O) groups is 1. The highest BCUT2D eigenvalue weighted by Gasteiger charge is 2.19. The average Bonchev–Trinajstić information content (AvgIpc) is 2.68. The van der Waals surface area contributed by atoms with Gasteiger partial charge in [-0.05, 0) is 42.3 Å². The molecule has 1 N–H and O–H groups in total. The van der Waals surface area contributed by atoms with E-state index in [2.05, 4.69) is 5.32 Å². The molecule has 3 nitrogen and oxygen atoms in total. The van der Waals surface area contributed by atoms with Crippen molar-refractivity contribution in [1.82, 2.24) is 0 Å². The van der Waals surface area contributed by atoms with E-state index in [0.29, 0.717) is 17.2 Å². The molecule has 0 aliphatic carbocycles. The Morgan fingerprint density at radius 1 is 0.962 bits per heavy atom. The van der Waals surface area contributed by atoms with Crippen molar-refractivity contribution >= 4 is 23.2 Å². The molecule has 3 aromatic carbocycles. The molecule has 132 valence electrons. The number of hydrogen-bond donors (Lipinski definition) is 1. The van der Waals surface area contributed by atoms with Crippen LogP contribution in [0.4, 0.5) is 5.69 Å². The molecule has 0 aromatic heterocycles. The van der Waals surface area contributed by atoms with Gasteiger partial charge in [0.1, 0.15) is 5.75 Å². The van der Waals surface area contributed by atoms with Crippen LogP contribution in [0.5, 0.6) is 5.75 Å². The predicted octanol–water partition coefficient (Wildman–Crippen LogP) is 5.80. The van der Waals surface area contributed by atoms with Gasteiger partial charge in [-0.15, -0.1) is 0 Å². The number of anilines is 1. The Morgan fingerprint density at radius 2 is 1.62 bits per heavy atom. The van der Waals surface area contributed by atoms with Crippen molar-refractivity contribution in [1.29, 1.82) is 0 Å². The Kier molecular flexibility index (Phi) is 5.92. The van der Waals surface area contributed by atoms with E-state index >= 15 is 0 Å². The second-order valence-corrected chi connectivity index (χ2v) is 6.31. The molecular formula is C22H20ClNO2. The molecule has 0 aliphatic heterocycles. The van der Waals surface area contributed by atoms with E-state index in [1.807, 2.05) is 61.5 Å². The Labute approximate surface area is 158 Å². The third kappa shape index (κ3) is 4.44. The summed E-state index contributed by atoms with van der Waals surface area (Å²) in [4.78, 5) is 12.7. The first kappa shape index (κ1) is 18.0. The lowest BCUT2D eigenvalue weighted by Crippen LogP contribution is -2.32. The van der Waals surface area contributed by atoms with Crippen LogP contribution >= 0.6 is 11.6 Å². The third-order valence-electron chi connectivity index (χ3n) is 4.02. The minimum Gasteiger partial charge on any atom is -0.481 e. The average molecular weight is 366 g/mol. The standard InChI is InChI=1S/C22H20ClNO2/c1-2-21(26-18-14-12-17(23)13-15-18)22(25)24-20-11-7-6-10-19(20)16-8-4-3-5-9-16/h3-15,21H,2H2,1H3,(H,24,25)/t21-/m0/s1.